The third-order valence-electron chi connectivity index (χ3n) is 3.08. The lowest BCUT2D eigenvalue weighted by molar-refractivity contribution is 0.102. The van der Waals surface area contributed by atoms with Gasteiger partial charge in [-0.2, -0.15) is 0 Å². The van der Waals surface area contributed by atoms with Crippen molar-refractivity contribution in [2.24, 2.45) is 0 Å². The van der Waals surface area contributed by atoms with E-state index in [0.717, 1.165) is 0 Å². The van der Waals surface area contributed by atoms with Crippen molar-refractivity contribution in [1.29, 1.82) is 0 Å². The maximum absolute atomic E-state index is 13.4. The van der Waals surface area contributed by atoms with Gasteiger partial charge in [0.1, 0.15) is 23.2 Å². The molecule has 0 saturated carbocycles. The molecule has 0 aliphatic rings. The zero-order valence-electron chi connectivity index (χ0n) is 17.5. The van der Waals surface area contributed by atoms with E-state index in [9.17, 15) is 15.0 Å². The molecule has 6 heteroatoms. The first kappa shape index (κ1) is 10.3. The summed E-state index contributed by atoms with van der Waals surface area (Å²) in [5.41, 5.74) is -1.13. The SMILES string of the molecule is [2H]c1c(Br)c(O)c(Br)c([2H])c1C(=O)c1c(C(C)O)oc2c([2H])c([2H])c([2H])c([2H])c12. The second kappa shape index (κ2) is 6.11. The fourth-order valence-electron chi connectivity index (χ4n) is 2.06. The van der Waals surface area contributed by atoms with Crippen LogP contribution in [0.3, 0.4) is 0 Å². The number of para-hydroxylation sites is 1. The molecule has 0 aliphatic heterocycles. The van der Waals surface area contributed by atoms with Crippen LogP contribution in [0.25, 0.3) is 11.0 Å². The van der Waals surface area contributed by atoms with Gasteiger partial charge in [0.05, 0.1) is 22.7 Å². The highest BCUT2D eigenvalue weighted by molar-refractivity contribution is 9.11. The van der Waals surface area contributed by atoms with Gasteiger partial charge in [-0.05, 0) is 56.9 Å². The summed E-state index contributed by atoms with van der Waals surface area (Å²) in [5.74, 6) is -1.71. The lowest BCUT2D eigenvalue weighted by atomic mass is 9.98. The molecule has 0 saturated heterocycles. The van der Waals surface area contributed by atoms with Crippen molar-refractivity contribution < 1.29 is 27.6 Å². The number of aliphatic hydroxyl groups excluding tert-OH is 1. The molecule has 0 fully saturated rings. The first-order valence-electron chi connectivity index (χ1n) is 9.34. The number of carbonyl (C=O) groups is 1. The Hall–Kier alpha value is -1.63. The number of furan rings is 1. The molecule has 4 nitrogen and oxygen atoms in total. The van der Waals surface area contributed by atoms with Crippen LogP contribution in [0, 0.1) is 0 Å². The van der Waals surface area contributed by atoms with E-state index in [0.29, 0.717) is 0 Å². The zero-order chi connectivity index (χ0) is 21.9. The number of hydrogen-bond donors (Lipinski definition) is 2. The normalized spacial score (nSPS) is 16.2. The standard InChI is InChI=1S/C17H12Br2O4/c1-8(20)17-14(10-4-2-3-5-13(10)23-17)15(21)9-6-11(18)16(22)12(19)7-9/h2-8,20,22H,1H3/i2D,3D,4D,5D,6D,7D. The maximum atomic E-state index is 13.4. The average molecular weight is 446 g/mol. The van der Waals surface area contributed by atoms with Crippen molar-refractivity contribution >= 4 is 48.6 Å². The number of hydrogen-bond acceptors (Lipinski definition) is 4. The van der Waals surface area contributed by atoms with E-state index in [2.05, 4.69) is 31.9 Å². The smallest absolute Gasteiger partial charge is 0.197 e. The number of fused-ring (bicyclic) bond motifs is 1. The highest BCUT2D eigenvalue weighted by atomic mass is 79.9. The lowest BCUT2D eigenvalue weighted by Crippen LogP contribution is -2.06. The number of aliphatic hydroxyl groups is 1. The van der Waals surface area contributed by atoms with Crippen molar-refractivity contribution in [3.05, 3.63) is 62.1 Å². The largest absolute Gasteiger partial charge is 0.506 e. The summed E-state index contributed by atoms with van der Waals surface area (Å²) in [5, 5.41) is 19.8. The summed E-state index contributed by atoms with van der Waals surface area (Å²) >= 11 is 5.99. The average Bonchev–Trinajstić information content (AvgIpc) is 3.08. The first-order valence-corrected chi connectivity index (χ1v) is 7.92. The summed E-state index contributed by atoms with van der Waals surface area (Å²) in [6, 6.07) is -3.22. The van der Waals surface area contributed by atoms with Crippen LogP contribution in [0.5, 0.6) is 5.75 Å². The van der Waals surface area contributed by atoms with Gasteiger partial charge in [0.15, 0.2) is 5.78 Å². The molecule has 0 radical (unpaired) electrons. The quantitative estimate of drug-likeness (QED) is 0.559. The molecular formula is C17H12Br2O4. The van der Waals surface area contributed by atoms with Crippen LogP contribution < -0.4 is 0 Å². The molecule has 0 amide bonds. The van der Waals surface area contributed by atoms with Crippen LogP contribution >= 0.6 is 31.9 Å². The Morgan fingerprint density at radius 3 is 2.48 bits per heavy atom. The van der Waals surface area contributed by atoms with Crippen LogP contribution in [-0.4, -0.2) is 16.0 Å². The van der Waals surface area contributed by atoms with Crippen LogP contribution in [-0.2, 0) is 0 Å². The minimum atomic E-state index is -1.35. The Kier molecular flexibility index (Phi) is 2.73. The van der Waals surface area contributed by atoms with Gasteiger partial charge in [-0.25, -0.2) is 0 Å². The van der Waals surface area contributed by atoms with E-state index >= 15 is 0 Å². The number of halogens is 2. The predicted octanol–water partition coefficient (Wildman–Crippen LogP) is 4.95. The van der Waals surface area contributed by atoms with Gasteiger partial charge in [0, 0.05) is 10.9 Å². The van der Waals surface area contributed by atoms with Gasteiger partial charge < -0.3 is 14.6 Å². The summed E-state index contributed by atoms with van der Waals surface area (Å²) in [7, 11) is 0. The number of benzene rings is 2. The number of rotatable bonds is 3. The Morgan fingerprint density at radius 2 is 1.87 bits per heavy atom. The van der Waals surface area contributed by atoms with Crippen molar-refractivity contribution in [2.75, 3.05) is 0 Å². The second-order valence-corrected chi connectivity index (χ2v) is 6.24. The first-order chi connectivity index (χ1) is 13.4. The highest BCUT2D eigenvalue weighted by Crippen LogP contribution is 2.36. The minimum absolute atomic E-state index is 0.142. The molecule has 0 bridgehead atoms. The van der Waals surface area contributed by atoms with Crippen molar-refractivity contribution in [1.82, 2.24) is 0 Å². The molecule has 1 heterocycles. The van der Waals surface area contributed by atoms with E-state index in [1.807, 2.05) is 0 Å². The summed E-state index contributed by atoms with van der Waals surface area (Å²) < 4.78 is 53.3. The zero-order valence-corrected chi connectivity index (χ0v) is 14.7. The van der Waals surface area contributed by atoms with Crippen LogP contribution in [0.4, 0.5) is 0 Å². The monoisotopic (exact) mass is 444 g/mol. The third kappa shape index (κ3) is 2.82. The fraction of sp³-hybridized carbons (Fsp3) is 0.118. The summed E-state index contributed by atoms with van der Waals surface area (Å²) in [6.07, 6.45) is -1.35. The molecule has 2 N–H and O–H groups in total. The lowest BCUT2D eigenvalue weighted by Gasteiger charge is -2.07. The molecule has 3 aromatic rings. The Bertz CT molecular complexity index is 1180. The molecule has 1 atom stereocenters. The fourth-order valence-corrected chi connectivity index (χ4v) is 3.12. The number of carbonyl (C=O) groups excluding carboxylic acids is 1. The minimum Gasteiger partial charge on any atom is -0.506 e. The highest BCUT2D eigenvalue weighted by Gasteiger charge is 2.25. The number of phenolic OH excluding ortho intramolecular Hbond substituents is 1. The molecule has 2 aromatic carbocycles. The predicted molar refractivity (Wildman–Crippen MR) is 93.8 cm³/mol. The number of aromatic hydroxyl groups is 1. The van der Waals surface area contributed by atoms with Gasteiger partial charge >= 0.3 is 0 Å². The van der Waals surface area contributed by atoms with Gasteiger partial charge in [-0.1, -0.05) is 18.1 Å². The van der Waals surface area contributed by atoms with Crippen molar-refractivity contribution in [2.45, 2.75) is 13.0 Å². The molecular weight excluding hydrogens is 428 g/mol. The molecule has 0 spiro atoms. The Morgan fingerprint density at radius 1 is 1.26 bits per heavy atom. The van der Waals surface area contributed by atoms with Crippen LogP contribution in [0.15, 0.2) is 49.6 Å². The van der Waals surface area contributed by atoms with Gasteiger partial charge in [-0.15, -0.1) is 0 Å². The molecule has 0 aliphatic carbocycles. The van der Waals surface area contributed by atoms with E-state index in [1.165, 1.54) is 6.92 Å². The van der Waals surface area contributed by atoms with Gasteiger partial charge in [0.25, 0.3) is 0 Å². The Balaban J connectivity index is 2.49. The molecule has 118 valence electrons. The molecule has 23 heavy (non-hydrogen) atoms. The van der Waals surface area contributed by atoms with Crippen LogP contribution in [0.1, 0.15) is 42.9 Å². The van der Waals surface area contributed by atoms with E-state index in [1.54, 1.807) is 0 Å². The van der Waals surface area contributed by atoms with E-state index in [4.69, 9.17) is 12.6 Å². The summed E-state index contributed by atoms with van der Waals surface area (Å²) in [4.78, 5) is 13.4. The van der Waals surface area contributed by atoms with Gasteiger partial charge in [-0.3, -0.25) is 4.79 Å². The topological polar surface area (TPSA) is 70.7 Å². The number of phenols is 1. The molecule has 1 aromatic heterocycles. The number of ketones is 1. The van der Waals surface area contributed by atoms with E-state index in [-0.39, 0.29) is 31.2 Å². The summed E-state index contributed by atoms with van der Waals surface area (Å²) in [6.45, 7) is 1.29. The maximum Gasteiger partial charge on any atom is 0.197 e. The van der Waals surface area contributed by atoms with Crippen molar-refractivity contribution in [3.63, 3.8) is 0 Å². The third-order valence-corrected chi connectivity index (χ3v) is 4.23. The molecule has 3 rings (SSSR count). The second-order valence-electron chi connectivity index (χ2n) is 4.65. The van der Waals surface area contributed by atoms with Crippen LogP contribution in [0.2, 0.25) is 0 Å². The Labute approximate surface area is 157 Å². The van der Waals surface area contributed by atoms with E-state index < -0.39 is 59.5 Å². The van der Waals surface area contributed by atoms with Crippen molar-refractivity contribution in [3.8, 4) is 5.75 Å². The molecule has 1 unspecified atom stereocenters. The van der Waals surface area contributed by atoms with Gasteiger partial charge in [0.2, 0.25) is 0 Å².